The first kappa shape index (κ1) is 10.4. The van der Waals surface area contributed by atoms with E-state index in [0.717, 1.165) is 5.56 Å². The van der Waals surface area contributed by atoms with Crippen LogP contribution in [0.15, 0.2) is 36.5 Å². The SMILES string of the molecule is Cc1ccc(C(=O)c2c[c]cn2C=O)cc1. The highest BCUT2D eigenvalue weighted by Gasteiger charge is 2.12. The van der Waals surface area contributed by atoms with Crippen LogP contribution in [0, 0.1) is 13.0 Å². The molecule has 3 nitrogen and oxygen atoms in total. The van der Waals surface area contributed by atoms with Crippen molar-refractivity contribution >= 4 is 12.2 Å². The highest BCUT2D eigenvalue weighted by Crippen LogP contribution is 2.10. The van der Waals surface area contributed by atoms with Gasteiger partial charge in [0.05, 0.1) is 5.69 Å². The van der Waals surface area contributed by atoms with Crippen molar-refractivity contribution in [2.45, 2.75) is 6.92 Å². The molecule has 16 heavy (non-hydrogen) atoms. The quantitative estimate of drug-likeness (QED) is 0.575. The van der Waals surface area contributed by atoms with Crippen LogP contribution in [0.4, 0.5) is 0 Å². The fourth-order valence-corrected chi connectivity index (χ4v) is 1.46. The van der Waals surface area contributed by atoms with Crippen LogP contribution in [0.3, 0.4) is 0 Å². The molecule has 1 heterocycles. The van der Waals surface area contributed by atoms with Crippen molar-refractivity contribution in [3.8, 4) is 0 Å². The molecule has 0 N–H and O–H groups in total. The average molecular weight is 212 g/mol. The number of carbonyl (C=O) groups excluding carboxylic acids is 2. The summed E-state index contributed by atoms with van der Waals surface area (Å²) in [6.45, 7) is 1.95. The van der Waals surface area contributed by atoms with Gasteiger partial charge in [-0.15, -0.1) is 0 Å². The molecule has 0 atom stereocenters. The largest absolute Gasteiger partial charge is 0.287 e. The number of rotatable bonds is 3. The summed E-state index contributed by atoms with van der Waals surface area (Å²) in [5.41, 5.74) is 1.99. The Bertz CT molecular complexity index is 523. The van der Waals surface area contributed by atoms with E-state index < -0.39 is 0 Å². The molecule has 3 heteroatoms. The predicted octanol–water partition coefficient (Wildman–Crippen LogP) is 1.87. The fraction of sp³-hybridized carbons (Fsp3) is 0.0769. The maximum atomic E-state index is 12.0. The number of nitrogens with zero attached hydrogens (tertiary/aromatic N) is 1. The average Bonchev–Trinajstić information content (AvgIpc) is 2.77. The fourth-order valence-electron chi connectivity index (χ4n) is 1.46. The monoisotopic (exact) mass is 212 g/mol. The van der Waals surface area contributed by atoms with E-state index >= 15 is 0 Å². The third-order valence-electron chi connectivity index (χ3n) is 2.37. The summed E-state index contributed by atoms with van der Waals surface area (Å²) < 4.78 is 1.22. The Balaban J connectivity index is 2.39. The van der Waals surface area contributed by atoms with Crippen LogP contribution in [0.1, 0.15) is 21.6 Å². The maximum absolute atomic E-state index is 12.0. The molecule has 0 amide bonds. The van der Waals surface area contributed by atoms with Gasteiger partial charge in [-0.1, -0.05) is 29.8 Å². The first-order valence-corrected chi connectivity index (χ1v) is 4.87. The van der Waals surface area contributed by atoms with Crippen molar-refractivity contribution in [1.29, 1.82) is 0 Å². The highest BCUT2D eigenvalue weighted by molar-refractivity contribution is 6.08. The molecule has 0 unspecified atom stereocenters. The molecule has 0 saturated heterocycles. The third-order valence-corrected chi connectivity index (χ3v) is 2.37. The number of benzene rings is 1. The molecular formula is C13H10NO2. The van der Waals surface area contributed by atoms with Gasteiger partial charge in [-0.3, -0.25) is 14.2 Å². The van der Waals surface area contributed by atoms with Crippen LogP contribution in [0.2, 0.25) is 0 Å². The van der Waals surface area contributed by atoms with Gasteiger partial charge in [0.1, 0.15) is 0 Å². The van der Waals surface area contributed by atoms with Crippen LogP contribution in [0.25, 0.3) is 0 Å². The van der Waals surface area contributed by atoms with Gasteiger partial charge >= 0.3 is 0 Å². The number of ketones is 1. The van der Waals surface area contributed by atoms with E-state index in [2.05, 4.69) is 6.07 Å². The summed E-state index contributed by atoms with van der Waals surface area (Å²) in [5, 5.41) is 0. The van der Waals surface area contributed by atoms with Gasteiger partial charge in [0, 0.05) is 17.8 Å². The minimum Gasteiger partial charge on any atom is -0.287 e. The summed E-state index contributed by atoms with van der Waals surface area (Å²) in [6, 6.07) is 11.5. The molecule has 0 bridgehead atoms. The lowest BCUT2D eigenvalue weighted by molar-refractivity contribution is 0.103. The lowest BCUT2D eigenvalue weighted by Crippen LogP contribution is -2.08. The predicted molar refractivity (Wildman–Crippen MR) is 60.0 cm³/mol. The number of carbonyl (C=O) groups is 2. The van der Waals surface area contributed by atoms with Crippen LogP contribution >= 0.6 is 0 Å². The molecule has 1 radical (unpaired) electrons. The van der Waals surface area contributed by atoms with Crippen molar-refractivity contribution in [3.05, 3.63) is 59.4 Å². The number of hydrogen-bond donors (Lipinski definition) is 0. The first-order chi connectivity index (χ1) is 7.72. The molecule has 0 spiro atoms. The lowest BCUT2D eigenvalue weighted by atomic mass is 10.1. The van der Waals surface area contributed by atoms with Crippen molar-refractivity contribution < 1.29 is 9.59 Å². The van der Waals surface area contributed by atoms with Gasteiger partial charge in [0.25, 0.3) is 0 Å². The van der Waals surface area contributed by atoms with E-state index in [9.17, 15) is 9.59 Å². The Hall–Kier alpha value is -2.16. The van der Waals surface area contributed by atoms with Crippen LogP contribution in [0.5, 0.6) is 0 Å². The number of hydrogen-bond acceptors (Lipinski definition) is 2. The van der Waals surface area contributed by atoms with Gasteiger partial charge in [0.2, 0.25) is 12.2 Å². The smallest absolute Gasteiger partial charge is 0.218 e. The summed E-state index contributed by atoms with van der Waals surface area (Å²) >= 11 is 0. The molecule has 0 saturated carbocycles. The zero-order chi connectivity index (χ0) is 11.5. The van der Waals surface area contributed by atoms with E-state index in [1.54, 1.807) is 12.1 Å². The number of aromatic nitrogens is 1. The molecular weight excluding hydrogens is 202 g/mol. The van der Waals surface area contributed by atoms with Crippen LogP contribution in [-0.2, 0) is 4.79 Å². The van der Waals surface area contributed by atoms with Gasteiger partial charge in [-0.05, 0) is 13.0 Å². The van der Waals surface area contributed by atoms with Crippen molar-refractivity contribution in [2.24, 2.45) is 0 Å². The zero-order valence-corrected chi connectivity index (χ0v) is 8.81. The second kappa shape index (κ2) is 4.14. The van der Waals surface area contributed by atoms with Crippen molar-refractivity contribution in [3.63, 3.8) is 0 Å². The Kier molecular flexibility index (Phi) is 2.68. The van der Waals surface area contributed by atoms with E-state index in [0.29, 0.717) is 17.7 Å². The van der Waals surface area contributed by atoms with Gasteiger partial charge in [-0.25, -0.2) is 0 Å². The molecule has 0 fully saturated rings. The molecule has 0 aliphatic heterocycles. The second-order valence-corrected chi connectivity index (χ2v) is 3.53. The minimum atomic E-state index is -0.173. The molecule has 0 aliphatic carbocycles. The van der Waals surface area contributed by atoms with E-state index in [4.69, 9.17) is 0 Å². The topological polar surface area (TPSA) is 39.1 Å². The Morgan fingerprint density at radius 2 is 2.00 bits per heavy atom. The summed E-state index contributed by atoms with van der Waals surface area (Å²) in [4.78, 5) is 22.7. The third kappa shape index (κ3) is 1.80. The van der Waals surface area contributed by atoms with Gasteiger partial charge in [0.15, 0.2) is 0 Å². The molecule has 2 aromatic rings. The minimum absolute atomic E-state index is 0.173. The molecule has 1 aromatic heterocycles. The Morgan fingerprint density at radius 1 is 1.31 bits per heavy atom. The van der Waals surface area contributed by atoms with Crippen molar-refractivity contribution in [1.82, 2.24) is 4.57 Å². The highest BCUT2D eigenvalue weighted by atomic mass is 16.1. The molecule has 79 valence electrons. The van der Waals surface area contributed by atoms with E-state index in [1.807, 2.05) is 19.1 Å². The maximum Gasteiger partial charge on any atom is 0.218 e. The molecule has 2 rings (SSSR count). The molecule has 0 aliphatic rings. The normalized spacial score (nSPS) is 10.1. The van der Waals surface area contributed by atoms with E-state index in [1.165, 1.54) is 16.8 Å². The van der Waals surface area contributed by atoms with Gasteiger partial charge < -0.3 is 0 Å². The first-order valence-electron chi connectivity index (χ1n) is 4.87. The molecule has 1 aromatic carbocycles. The lowest BCUT2D eigenvalue weighted by Gasteiger charge is -2.02. The van der Waals surface area contributed by atoms with Gasteiger partial charge in [-0.2, -0.15) is 0 Å². The summed E-state index contributed by atoms with van der Waals surface area (Å²) in [6.07, 6.45) is 2.03. The van der Waals surface area contributed by atoms with E-state index in [-0.39, 0.29) is 5.78 Å². The second-order valence-electron chi connectivity index (χ2n) is 3.53. The summed E-state index contributed by atoms with van der Waals surface area (Å²) in [7, 11) is 0. The summed E-state index contributed by atoms with van der Waals surface area (Å²) in [5.74, 6) is -0.173. The Morgan fingerprint density at radius 3 is 2.62 bits per heavy atom. The Labute approximate surface area is 93.3 Å². The van der Waals surface area contributed by atoms with Crippen molar-refractivity contribution in [2.75, 3.05) is 0 Å². The van der Waals surface area contributed by atoms with Crippen LogP contribution in [-0.4, -0.2) is 16.8 Å². The zero-order valence-electron chi connectivity index (χ0n) is 8.81. The van der Waals surface area contributed by atoms with Crippen LogP contribution < -0.4 is 0 Å². The number of aryl methyl sites for hydroxylation is 1. The standard InChI is InChI=1S/C13H10NO2/c1-10-4-6-11(7-5-10)13(16)12-3-2-8-14(12)9-15/h3-9H,1H3.